The fraction of sp³-hybridized carbons (Fsp3) is 0.600. The van der Waals surface area contributed by atoms with Gasteiger partial charge in [0.1, 0.15) is 5.69 Å². The molecule has 5 nitrogen and oxygen atoms in total. The minimum Gasteiger partial charge on any atom is -0.377 e. The van der Waals surface area contributed by atoms with Crippen LogP contribution in [0.15, 0.2) is 5.38 Å². The quantitative estimate of drug-likeness (QED) is 0.838. The van der Waals surface area contributed by atoms with Gasteiger partial charge in [-0.25, -0.2) is 4.98 Å². The van der Waals surface area contributed by atoms with Crippen molar-refractivity contribution in [2.75, 3.05) is 25.5 Å². The average Bonchev–Trinajstić information content (AvgIpc) is 2.75. The standard InChI is InChI=1S/C10H15N3O2S/c1-2-7-5-15-4-3-13(7)9(14)8-6-16-10(11)12-8/h6-7H,2-5H2,1H3,(H2,11,12). The summed E-state index contributed by atoms with van der Waals surface area (Å²) in [5.41, 5.74) is 5.97. The highest BCUT2D eigenvalue weighted by atomic mass is 32.1. The van der Waals surface area contributed by atoms with E-state index >= 15 is 0 Å². The van der Waals surface area contributed by atoms with E-state index < -0.39 is 0 Å². The molecule has 1 aromatic heterocycles. The van der Waals surface area contributed by atoms with E-state index in [1.165, 1.54) is 11.3 Å². The Labute approximate surface area is 98.2 Å². The zero-order valence-corrected chi connectivity index (χ0v) is 10.00. The van der Waals surface area contributed by atoms with Gasteiger partial charge in [-0.3, -0.25) is 4.79 Å². The highest BCUT2D eigenvalue weighted by Gasteiger charge is 2.27. The number of ether oxygens (including phenoxy) is 1. The molecule has 1 amide bonds. The SMILES string of the molecule is CCC1COCCN1C(=O)c1csc(N)n1. The molecular weight excluding hydrogens is 226 g/mol. The Morgan fingerprint density at radius 2 is 2.62 bits per heavy atom. The Kier molecular flexibility index (Phi) is 3.40. The van der Waals surface area contributed by atoms with Crippen LogP contribution in [0.25, 0.3) is 0 Å². The van der Waals surface area contributed by atoms with Gasteiger partial charge in [0.2, 0.25) is 0 Å². The van der Waals surface area contributed by atoms with Crippen LogP contribution in [0.5, 0.6) is 0 Å². The third-order valence-corrected chi connectivity index (χ3v) is 3.37. The Morgan fingerprint density at radius 1 is 1.81 bits per heavy atom. The lowest BCUT2D eigenvalue weighted by Gasteiger charge is -2.34. The number of hydrogen-bond donors (Lipinski definition) is 1. The van der Waals surface area contributed by atoms with Gasteiger partial charge < -0.3 is 15.4 Å². The molecule has 1 unspecified atom stereocenters. The fourth-order valence-electron chi connectivity index (χ4n) is 1.79. The van der Waals surface area contributed by atoms with Gasteiger partial charge in [-0.2, -0.15) is 0 Å². The zero-order chi connectivity index (χ0) is 11.5. The van der Waals surface area contributed by atoms with Crippen LogP contribution < -0.4 is 5.73 Å². The Hall–Kier alpha value is -1.14. The van der Waals surface area contributed by atoms with Crippen molar-refractivity contribution < 1.29 is 9.53 Å². The molecule has 0 saturated carbocycles. The van der Waals surface area contributed by atoms with Crippen LogP contribution in [-0.2, 0) is 4.74 Å². The first-order valence-electron chi connectivity index (χ1n) is 5.32. The molecule has 1 atom stereocenters. The molecule has 1 fully saturated rings. The number of anilines is 1. The van der Waals surface area contributed by atoms with E-state index in [2.05, 4.69) is 11.9 Å². The molecule has 1 saturated heterocycles. The van der Waals surface area contributed by atoms with Gasteiger partial charge in [0.15, 0.2) is 5.13 Å². The maximum Gasteiger partial charge on any atom is 0.273 e. The number of carbonyl (C=O) groups excluding carboxylic acids is 1. The molecule has 2 heterocycles. The third-order valence-electron chi connectivity index (χ3n) is 2.70. The van der Waals surface area contributed by atoms with Gasteiger partial charge in [-0.05, 0) is 6.42 Å². The smallest absolute Gasteiger partial charge is 0.273 e. The number of hydrogen-bond acceptors (Lipinski definition) is 5. The summed E-state index contributed by atoms with van der Waals surface area (Å²) in [4.78, 5) is 18.0. The van der Waals surface area contributed by atoms with E-state index in [1.807, 2.05) is 4.90 Å². The van der Waals surface area contributed by atoms with Crippen LogP contribution in [0.3, 0.4) is 0 Å². The summed E-state index contributed by atoms with van der Waals surface area (Å²) in [6, 6.07) is 0.157. The van der Waals surface area contributed by atoms with E-state index in [1.54, 1.807) is 5.38 Å². The van der Waals surface area contributed by atoms with Crippen molar-refractivity contribution in [2.45, 2.75) is 19.4 Å². The second-order valence-electron chi connectivity index (χ2n) is 3.71. The maximum atomic E-state index is 12.1. The van der Waals surface area contributed by atoms with Gasteiger partial charge in [0.25, 0.3) is 5.91 Å². The molecule has 0 spiro atoms. The maximum absolute atomic E-state index is 12.1. The predicted octanol–water partition coefficient (Wildman–Crippen LogP) is 0.976. The van der Waals surface area contributed by atoms with Gasteiger partial charge in [0, 0.05) is 11.9 Å². The first-order chi connectivity index (χ1) is 7.72. The van der Waals surface area contributed by atoms with Crippen molar-refractivity contribution in [2.24, 2.45) is 0 Å². The van der Waals surface area contributed by atoms with Crippen LogP contribution in [0.4, 0.5) is 5.13 Å². The van der Waals surface area contributed by atoms with Crippen LogP contribution in [0, 0.1) is 0 Å². The minimum absolute atomic E-state index is 0.0388. The van der Waals surface area contributed by atoms with Crippen LogP contribution in [0.1, 0.15) is 23.8 Å². The normalized spacial score (nSPS) is 21.1. The lowest BCUT2D eigenvalue weighted by atomic mass is 10.1. The summed E-state index contributed by atoms with van der Waals surface area (Å²) in [6.45, 7) is 3.90. The number of thiazole rings is 1. The molecule has 2 rings (SSSR count). The summed E-state index contributed by atoms with van der Waals surface area (Å²) < 4.78 is 5.36. The number of nitrogen functional groups attached to an aromatic ring is 1. The molecule has 1 aliphatic heterocycles. The lowest BCUT2D eigenvalue weighted by molar-refractivity contribution is -0.00305. The Balaban J connectivity index is 2.13. The molecule has 0 aromatic carbocycles. The van der Waals surface area contributed by atoms with Crippen molar-refractivity contribution in [3.8, 4) is 0 Å². The molecule has 6 heteroatoms. The van der Waals surface area contributed by atoms with Gasteiger partial charge in [-0.1, -0.05) is 6.92 Å². The van der Waals surface area contributed by atoms with Gasteiger partial charge >= 0.3 is 0 Å². The second-order valence-corrected chi connectivity index (χ2v) is 4.60. The molecule has 0 radical (unpaired) electrons. The minimum atomic E-state index is -0.0388. The predicted molar refractivity (Wildman–Crippen MR) is 62.5 cm³/mol. The number of aromatic nitrogens is 1. The number of amides is 1. The lowest BCUT2D eigenvalue weighted by Crippen LogP contribution is -2.48. The fourth-order valence-corrected chi connectivity index (χ4v) is 2.33. The number of nitrogens with two attached hydrogens (primary N) is 1. The summed E-state index contributed by atoms with van der Waals surface area (Å²) in [6.07, 6.45) is 0.894. The van der Waals surface area contributed by atoms with E-state index in [0.717, 1.165) is 6.42 Å². The topological polar surface area (TPSA) is 68.5 Å². The Bertz CT molecular complexity index is 380. The molecule has 0 aliphatic carbocycles. The summed E-state index contributed by atoms with van der Waals surface area (Å²) in [7, 11) is 0. The zero-order valence-electron chi connectivity index (χ0n) is 9.18. The first kappa shape index (κ1) is 11.3. The largest absolute Gasteiger partial charge is 0.377 e. The Morgan fingerprint density at radius 3 is 3.25 bits per heavy atom. The highest BCUT2D eigenvalue weighted by molar-refractivity contribution is 7.13. The van der Waals surface area contributed by atoms with Crippen molar-refractivity contribution in [1.82, 2.24) is 9.88 Å². The highest BCUT2D eigenvalue weighted by Crippen LogP contribution is 2.17. The summed E-state index contributed by atoms with van der Waals surface area (Å²) >= 11 is 1.29. The van der Waals surface area contributed by atoms with Crippen LogP contribution in [-0.4, -0.2) is 41.6 Å². The summed E-state index contributed by atoms with van der Waals surface area (Å²) in [5, 5.41) is 2.14. The van der Waals surface area contributed by atoms with Crippen molar-refractivity contribution >= 4 is 22.4 Å². The summed E-state index contributed by atoms with van der Waals surface area (Å²) in [5.74, 6) is -0.0388. The number of carbonyl (C=O) groups is 1. The number of morpholine rings is 1. The molecule has 88 valence electrons. The monoisotopic (exact) mass is 241 g/mol. The van der Waals surface area contributed by atoms with E-state index in [-0.39, 0.29) is 11.9 Å². The second kappa shape index (κ2) is 4.80. The van der Waals surface area contributed by atoms with Gasteiger partial charge in [0.05, 0.1) is 19.3 Å². The molecule has 1 aliphatic rings. The molecular formula is C10H15N3O2S. The average molecular weight is 241 g/mol. The van der Waals surface area contributed by atoms with E-state index in [4.69, 9.17) is 10.5 Å². The number of rotatable bonds is 2. The van der Waals surface area contributed by atoms with Crippen LogP contribution >= 0.6 is 11.3 Å². The van der Waals surface area contributed by atoms with Crippen molar-refractivity contribution in [3.63, 3.8) is 0 Å². The first-order valence-corrected chi connectivity index (χ1v) is 6.20. The van der Waals surface area contributed by atoms with Crippen molar-refractivity contribution in [1.29, 1.82) is 0 Å². The molecule has 0 bridgehead atoms. The van der Waals surface area contributed by atoms with Crippen LogP contribution in [0.2, 0.25) is 0 Å². The van der Waals surface area contributed by atoms with E-state index in [9.17, 15) is 4.79 Å². The van der Waals surface area contributed by atoms with E-state index in [0.29, 0.717) is 30.6 Å². The molecule has 1 aromatic rings. The third kappa shape index (κ3) is 2.17. The number of nitrogens with zero attached hydrogens (tertiary/aromatic N) is 2. The molecule has 2 N–H and O–H groups in total. The van der Waals surface area contributed by atoms with Gasteiger partial charge in [-0.15, -0.1) is 11.3 Å². The molecule has 16 heavy (non-hydrogen) atoms. The van der Waals surface area contributed by atoms with Crippen molar-refractivity contribution in [3.05, 3.63) is 11.1 Å².